The third kappa shape index (κ3) is 2.69. The van der Waals surface area contributed by atoms with Crippen LogP contribution in [0.3, 0.4) is 0 Å². The average Bonchev–Trinajstić information content (AvgIpc) is 3.05. The Bertz CT molecular complexity index is 986. The maximum atomic E-state index is 13.0. The maximum absolute atomic E-state index is 13.0. The number of benzene rings is 1. The predicted octanol–water partition coefficient (Wildman–Crippen LogP) is 3.82. The number of carbonyl (C=O) groups excluding carboxylic acids is 2. The van der Waals surface area contributed by atoms with Crippen LogP contribution in [0.5, 0.6) is 0 Å². The first kappa shape index (κ1) is 19.5. The molecule has 0 aromatic heterocycles. The number of carboxylic acid groups (broad SMARTS) is 1. The monoisotopic (exact) mass is 409 g/mol. The molecule has 1 spiro atoms. The Morgan fingerprint density at radius 3 is 2.83 bits per heavy atom. The molecule has 6 atom stereocenters. The van der Waals surface area contributed by atoms with Gasteiger partial charge in [-0.05, 0) is 68.2 Å². The molecule has 2 saturated heterocycles. The van der Waals surface area contributed by atoms with E-state index in [4.69, 9.17) is 9.84 Å². The average molecular weight is 409 g/mol. The van der Waals surface area contributed by atoms with Gasteiger partial charge in [0.05, 0.1) is 17.3 Å². The lowest BCUT2D eigenvalue weighted by atomic mass is 9.51. The van der Waals surface area contributed by atoms with Crippen LogP contribution in [0.15, 0.2) is 36.4 Å². The standard InChI is InChI=1S/C24H27NO5/c1-22(8-7-19(27)25-16-5-3-4-14(10-16)21(28)29)18(26)6-9-24-12-15-11-17(20(22)24)30-23(15,2)13-24/h3-6,9-10,15,17,20H,7-8,11-13H2,1-2H3,(H,25,27)(H,28,29)/t15-,17+,20+,22-,23+,24+/m1/s1. The summed E-state index contributed by atoms with van der Waals surface area (Å²) in [4.78, 5) is 36.8. The molecule has 5 aliphatic rings. The molecule has 0 unspecified atom stereocenters. The Balaban J connectivity index is 1.33. The van der Waals surface area contributed by atoms with Crippen LogP contribution in [0.1, 0.15) is 56.3 Å². The summed E-state index contributed by atoms with van der Waals surface area (Å²) in [5.74, 6) is -0.498. The van der Waals surface area contributed by atoms with Crippen molar-refractivity contribution in [2.24, 2.45) is 22.7 Å². The van der Waals surface area contributed by atoms with Gasteiger partial charge in [0.2, 0.25) is 5.91 Å². The third-order valence-electron chi connectivity index (χ3n) is 8.18. The molecule has 2 heterocycles. The summed E-state index contributed by atoms with van der Waals surface area (Å²) >= 11 is 0. The molecule has 2 aliphatic heterocycles. The Kier molecular flexibility index (Phi) is 4.07. The van der Waals surface area contributed by atoms with Crippen LogP contribution in [0.25, 0.3) is 0 Å². The highest BCUT2D eigenvalue weighted by Gasteiger charge is 2.71. The third-order valence-corrected chi connectivity index (χ3v) is 8.18. The van der Waals surface area contributed by atoms with E-state index in [-0.39, 0.29) is 46.7 Å². The minimum atomic E-state index is -1.04. The number of anilines is 1. The minimum absolute atomic E-state index is 0.00946. The zero-order valence-corrected chi connectivity index (χ0v) is 17.3. The number of hydrogen-bond acceptors (Lipinski definition) is 4. The first-order valence-electron chi connectivity index (χ1n) is 10.7. The van der Waals surface area contributed by atoms with Gasteiger partial charge in [0.25, 0.3) is 0 Å². The van der Waals surface area contributed by atoms with E-state index in [2.05, 4.69) is 18.3 Å². The molecule has 4 fully saturated rings. The van der Waals surface area contributed by atoms with Crippen LogP contribution in [0, 0.1) is 22.7 Å². The first-order valence-corrected chi connectivity index (χ1v) is 10.7. The Morgan fingerprint density at radius 2 is 2.10 bits per heavy atom. The summed E-state index contributed by atoms with van der Waals surface area (Å²) < 4.78 is 6.44. The van der Waals surface area contributed by atoms with Crippen molar-refractivity contribution in [3.05, 3.63) is 42.0 Å². The molecule has 2 saturated carbocycles. The molecular formula is C24H27NO5. The number of aromatic carboxylic acids is 1. The molecule has 30 heavy (non-hydrogen) atoms. The number of rotatable bonds is 5. The molecular weight excluding hydrogens is 382 g/mol. The van der Waals surface area contributed by atoms with Crippen LogP contribution >= 0.6 is 0 Å². The lowest BCUT2D eigenvalue weighted by Gasteiger charge is -2.55. The lowest BCUT2D eigenvalue weighted by Crippen LogP contribution is -2.56. The molecule has 6 rings (SSSR count). The van der Waals surface area contributed by atoms with Gasteiger partial charge >= 0.3 is 5.97 Å². The van der Waals surface area contributed by atoms with Gasteiger partial charge in [-0.2, -0.15) is 0 Å². The van der Waals surface area contributed by atoms with E-state index in [0.717, 1.165) is 19.3 Å². The van der Waals surface area contributed by atoms with E-state index in [9.17, 15) is 14.4 Å². The van der Waals surface area contributed by atoms with Crippen LogP contribution in [-0.2, 0) is 14.3 Å². The normalized spacial score (nSPS) is 40.5. The van der Waals surface area contributed by atoms with Crippen LogP contribution in [0.2, 0.25) is 0 Å². The fraction of sp³-hybridized carbons (Fsp3) is 0.542. The second-order valence-corrected chi connectivity index (χ2v) is 10.0. The predicted molar refractivity (Wildman–Crippen MR) is 110 cm³/mol. The Morgan fingerprint density at radius 1 is 1.30 bits per heavy atom. The quantitative estimate of drug-likeness (QED) is 0.771. The van der Waals surface area contributed by atoms with Crippen molar-refractivity contribution in [2.45, 2.75) is 57.7 Å². The second-order valence-electron chi connectivity index (χ2n) is 10.0. The minimum Gasteiger partial charge on any atom is -0.478 e. The summed E-state index contributed by atoms with van der Waals surface area (Å²) in [6.45, 7) is 4.21. The fourth-order valence-electron chi connectivity index (χ4n) is 6.97. The van der Waals surface area contributed by atoms with Crippen molar-refractivity contribution < 1.29 is 24.2 Å². The van der Waals surface area contributed by atoms with E-state index in [1.54, 1.807) is 18.2 Å². The summed E-state index contributed by atoms with van der Waals surface area (Å²) in [5.41, 5.74) is -0.117. The molecule has 158 valence electrons. The zero-order valence-electron chi connectivity index (χ0n) is 17.3. The van der Waals surface area contributed by atoms with Gasteiger partial charge in [-0.25, -0.2) is 4.79 Å². The van der Waals surface area contributed by atoms with Crippen LogP contribution in [0.4, 0.5) is 5.69 Å². The first-order chi connectivity index (χ1) is 14.2. The van der Waals surface area contributed by atoms with Gasteiger partial charge in [0.15, 0.2) is 5.78 Å². The SMILES string of the molecule is C[C@]12C[C@@]34C=CC(=O)[C@@](C)(CCC(=O)Nc5cccc(C(=O)O)c5)[C@@H]3[C@H](C[C@@H]1C4)O2. The second kappa shape index (κ2) is 6.27. The summed E-state index contributed by atoms with van der Waals surface area (Å²) in [6, 6.07) is 6.19. The van der Waals surface area contributed by atoms with Gasteiger partial charge in [0.1, 0.15) is 0 Å². The number of carboxylic acids is 1. The Labute approximate surface area is 175 Å². The lowest BCUT2D eigenvalue weighted by molar-refractivity contribution is -0.169. The van der Waals surface area contributed by atoms with Crippen molar-refractivity contribution in [3.63, 3.8) is 0 Å². The van der Waals surface area contributed by atoms with Gasteiger partial charge in [-0.3, -0.25) is 9.59 Å². The summed E-state index contributed by atoms with van der Waals surface area (Å²) in [6.07, 6.45) is 7.66. The maximum Gasteiger partial charge on any atom is 0.335 e. The molecule has 4 bridgehead atoms. The molecule has 3 aliphatic carbocycles. The van der Waals surface area contributed by atoms with Gasteiger partial charge < -0.3 is 15.2 Å². The van der Waals surface area contributed by atoms with E-state index < -0.39 is 11.4 Å². The van der Waals surface area contributed by atoms with E-state index in [0.29, 0.717) is 18.0 Å². The van der Waals surface area contributed by atoms with Crippen molar-refractivity contribution in [2.75, 3.05) is 5.32 Å². The molecule has 0 radical (unpaired) electrons. The number of allylic oxidation sites excluding steroid dienone is 2. The van der Waals surface area contributed by atoms with Gasteiger partial charge in [-0.1, -0.05) is 19.1 Å². The number of ether oxygens (including phenoxy) is 1. The highest BCUT2D eigenvalue weighted by Crippen LogP contribution is 2.71. The van der Waals surface area contributed by atoms with E-state index in [1.165, 1.54) is 12.1 Å². The zero-order chi connectivity index (χ0) is 21.3. The van der Waals surface area contributed by atoms with Crippen molar-refractivity contribution in [3.8, 4) is 0 Å². The highest BCUT2D eigenvalue weighted by atomic mass is 16.5. The number of hydrogen-bond donors (Lipinski definition) is 2. The fourth-order valence-corrected chi connectivity index (χ4v) is 6.97. The largest absolute Gasteiger partial charge is 0.478 e. The van der Waals surface area contributed by atoms with Crippen molar-refractivity contribution in [1.29, 1.82) is 0 Å². The number of amides is 1. The molecule has 6 nitrogen and oxygen atoms in total. The smallest absolute Gasteiger partial charge is 0.335 e. The molecule has 1 aromatic carbocycles. The van der Waals surface area contributed by atoms with Crippen LogP contribution in [-0.4, -0.2) is 34.5 Å². The highest BCUT2D eigenvalue weighted by molar-refractivity contribution is 5.98. The molecule has 1 amide bonds. The van der Waals surface area contributed by atoms with E-state index in [1.807, 2.05) is 6.92 Å². The topological polar surface area (TPSA) is 92.7 Å². The number of ketones is 1. The van der Waals surface area contributed by atoms with Crippen molar-refractivity contribution >= 4 is 23.3 Å². The van der Waals surface area contributed by atoms with Gasteiger partial charge in [-0.15, -0.1) is 0 Å². The Hall–Kier alpha value is -2.47. The number of carbonyl (C=O) groups is 3. The molecule has 2 N–H and O–H groups in total. The van der Waals surface area contributed by atoms with E-state index >= 15 is 0 Å². The van der Waals surface area contributed by atoms with Crippen molar-refractivity contribution in [1.82, 2.24) is 0 Å². The van der Waals surface area contributed by atoms with Crippen LogP contribution < -0.4 is 5.32 Å². The molecule has 6 heteroatoms. The molecule has 1 aromatic rings. The summed E-state index contributed by atoms with van der Waals surface area (Å²) in [7, 11) is 0. The van der Waals surface area contributed by atoms with Gasteiger partial charge in [0, 0.05) is 23.4 Å². The summed E-state index contributed by atoms with van der Waals surface area (Å²) in [5, 5.41) is 11.9. The number of nitrogens with one attached hydrogen (secondary N) is 1.